The van der Waals surface area contributed by atoms with Gasteiger partial charge in [0.05, 0.1) is 13.0 Å². The van der Waals surface area contributed by atoms with Crippen molar-refractivity contribution in [2.24, 2.45) is 0 Å². The summed E-state index contributed by atoms with van der Waals surface area (Å²) < 4.78 is 1.97. The van der Waals surface area contributed by atoms with Crippen molar-refractivity contribution in [2.45, 2.75) is 32.9 Å². The van der Waals surface area contributed by atoms with Gasteiger partial charge in [-0.05, 0) is 6.42 Å². The third-order valence-electron chi connectivity index (χ3n) is 3.60. The summed E-state index contributed by atoms with van der Waals surface area (Å²) in [7, 11) is 0. The van der Waals surface area contributed by atoms with Crippen LogP contribution in [0.2, 0.25) is 0 Å². The number of piperazine rings is 1. The van der Waals surface area contributed by atoms with Crippen LogP contribution in [0.1, 0.15) is 25.6 Å². The first-order chi connectivity index (χ1) is 9.69. The molecule has 1 aliphatic heterocycles. The fraction of sp³-hybridized carbons (Fsp3) is 0.769. The number of carboxylic acid groups (broad SMARTS) is 1. The standard InChI is InChI=1S/C13H23N5O2/c1-2-4-18-12(14-11-15-18)10-17-8-6-16(7-9-17)5-3-13(19)20/h11H,2-10H2,1H3,(H,19,20). The Kier molecular flexibility index (Phi) is 5.49. The summed E-state index contributed by atoms with van der Waals surface area (Å²) >= 11 is 0. The molecule has 0 spiro atoms. The van der Waals surface area contributed by atoms with Gasteiger partial charge in [0.1, 0.15) is 12.2 Å². The lowest BCUT2D eigenvalue weighted by Crippen LogP contribution is -2.46. The van der Waals surface area contributed by atoms with Gasteiger partial charge in [0.2, 0.25) is 0 Å². The van der Waals surface area contributed by atoms with E-state index in [1.807, 2.05) is 4.68 Å². The largest absolute Gasteiger partial charge is 0.481 e. The van der Waals surface area contributed by atoms with Crippen molar-refractivity contribution in [2.75, 3.05) is 32.7 Å². The van der Waals surface area contributed by atoms with Crippen LogP contribution in [0.25, 0.3) is 0 Å². The summed E-state index contributed by atoms with van der Waals surface area (Å²) in [6.45, 7) is 8.28. The Labute approximate surface area is 119 Å². The quantitative estimate of drug-likeness (QED) is 0.774. The van der Waals surface area contributed by atoms with Gasteiger partial charge in [-0.15, -0.1) is 0 Å². The van der Waals surface area contributed by atoms with Crippen molar-refractivity contribution in [1.29, 1.82) is 0 Å². The Hall–Kier alpha value is -1.47. The molecule has 0 saturated carbocycles. The summed E-state index contributed by atoms with van der Waals surface area (Å²) in [6.07, 6.45) is 2.90. The first-order valence-electron chi connectivity index (χ1n) is 7.22. The van der Waals surface area contributed by atoms with E-state index in [1.165, 1.54) is 0 Å². The second-order valence-corrected chi connectivity index (χ2v) is 5.16. The number of nitrogens with zero attached hydrogens (tertiary/aromatic N) is 5. The number of aryl methyl sites for hydroxylation is 1. The van der Waals surface area contributed by atoms with Crippen LogP contribution in [-0.4, -0.2) is 68.4 Å². The zero-order valence-corrected chi connectivity index (χ0v) is 12.0. The maximum Gasteiger partial charge on any atom is 0.304 e. The third-order valence-corrected chi connectivity index (χ3v) is 3.60. The number of carbonyl (C=O) groups is 1. The molecular formula is C13H23N5O2. The zero-order chi connectivity index (χ0) is 14.4. The molecule has 1 aromatic heterocycles. The minimum Gasteiger partial charge on any atom is -0.481 e. The number of aliphatic carboxylic acids is 1. The highest BCUT2D eigenvalue weighted by atomic mass is 16.4. The molecule has 1 aliphatic rings. The Morgan fingerprint density at radius 2 is 1.95 bits per heavy atom. The second kappa shape index (κ2) is 7.35. The van der Waals surface area contributed by atoms with E-state index in [9.17, 15) is 4.79 Å². The minimum atomic E-state index is -0.722. The molecule has 2 rings (SSSR count). The van der Waals surface area contributed by atoms with Gasteiger partial charge in [0.15, 0.2) is 0 Å². The summed E-state index contributed by atoms with van der Waals surface area (Å²) in [5, 5.41) is 12.9. The predicted octanol–water partition coefficient (Wildman–Crippen LogP) is 0.280. The lowest BCUT2D eigenvalue weighted by Gasteiger charge is -2.34. The first-order valence-corrected chi connectivity index (χ1v) is 7.22. The average molecular weight is 281 g/mol. The van der Waals surface area contributed by atoms with E-state index in [4.69, 9.17) is 5.11 Å². The van der Waals surface area contributed by atoms with Crippen LogP contribution in [-0.2, 0) is 17.9 Å². The molecule has 0 aromatic carbocycles. The highest BCUT2D eigenvalue weighted by Gasteiger charge is 2.19. The molecule has 1 fully saturated rings. The van der Waals surface area contributed by atoms with Gasteiger partial charge >= 0.3 is 5.97 Å². The Morgan fingerprint density at radius 1 is 1.25 bits per heavy atom. The summed E-state index contributed by atoms with van der Waals surface area (Å²) in [5.74, 6) is 0.297. The van der Waals surface area contributed by atoms with E-state index in [1.54, 1.807) is 6.33 Å². The van der Waals surface area contributed by atoms with Gasteiger partial charge in [-0.25, -0.2) is 9.67 Å². The van der Waals surface area contributed by atoms with Crippen LogP contribution >= 0.6 is 0 Å². The number of carboxylic acids is 1. The van der Waals surface area contributed by atoms with Gasteiger partial charge in [-0.1, -0.05) is 6.92 Å². The molecule has 112 valence electrons. The van der Waals surface area contributed by atoms with Gasteiger partial charge in [0.25, 0.3) is 0 Å². The number of aromatic nitrogens is 3. The van der Waals surface area contributed by atoms with Crippen LogP contribution in [0.5, 0.6) is 0 Å². The van der Waals surface area contributed by atoms with Gasteiger partial charge in [-0.3, -0.25) is 9.69 Å². The summed E-state index contributed by atoms with van der Waals surface area (Å²) in [4.78, 5) is 19.5. The number of hydrogen-bond acceptors (Lipinski definition) is 5. The molecule has 0 unspecified atom stereocenters. The molecule has 0 atom stereocenters. The Balaban J connectivity index is 1.76. The monoisotopic (exact) mass is 281 g/mol. The van der Waals surface area contributed by atoms with Crippen LogP contribution < -0.4 is 0 Å². The third kappa shape index (κ3) is 4.28. The number of rotatable bonds is 7. The SMILES string of the molecule is CCCn1ncnc1CN1CCN(CCC(=O)O)CC1. The molecule has 7 heteroatoms. The highest BCUT2D eigenvalue weighted by Crippen LogP contribution is 2.07. The summed E-state index contributed by atoms with van der Waals surface area (Å²) in [5.41, 5.74) is 0. The van der Waals surface area contributed by atoms with E-state index in [2.05, 4.69) is 26.8 Å². The Bertz CT molecular complexity index is 426. The van der Waals surface area contributed by atoms with Crippen LogP contribution in [0.4, 0.5) is 0 Å². The van der Waals surface area contributed by atoms with Crippen LogP contribution in [0.3, 0.4) is 0 Å². The minimum absolute atomic E-state index is 0.227. The van der Waals surface area contributed by atoms with Crippen molar-refractivity contribution in [3.63, 3.8) is 0 Å². The molecule has 0 aliphatic carbocycles. The van der Waals surface area contributed by atoms with E-state index in [0.717, 1.165) is 51.5 Å². The van der Waals surface area contributed by atoms with Gasteiger partial charge in [0, 0.05) is 39.3 Å². The Morgan fingerprint density at radius 3 is 2.60 bits per heavy atom. The van der Waals surface area contributed by atoms with Crippen molar-refractivity contribution >= 4 is 5.97 Å². The maximum atomic E-state index is 10.6. The van der Waals surface area contributed by atoms with Crippen LogP contribution in [0.15, 0.2) is 6.33 Å². The zero-order valence-electron chi connectivity index (χ0n) is 12.0. The van der Waals surface area contributed by atoms with E-state index >= 15 is 0 Å². The first kappa shape index (κ1) is 14.9. The molecule has 2 heterocycles. The lowest BCUT2D eigenvalue weighted by molar-refractivity contribution is -0.137. The number of hydrogen-bond donors (Lipinski definition) is 1. The van der Waals surface area contributed by atoms with Crippen molar-refractivity contribution in [3.8, 4) is 0 Å². The predicted molar refractivity (Wildman–Crippen MR) is 74.3 cm³/mol. The van der Waals surface area contributed by atoms with E-state index < -0.39 is 5.97 Å². The van der Waals surface area contributed by atoms with Gasteiger partial charge in [-0.2, -0.15) is 5.10 Å². The highest BCUT2D eigenvalue weighted by molar-refractivity contribution is 5.66. The molecule has 1 aromatic rings. The van der Waals surface area contributed by atoms with Crippen LogP contribution in [0, 0.1) is 0 Å². The molecule has 1 N–H and O–H groups in total. The summed E-state index contributed by atoms with van der Waals surface area (Å²) in [6, 6.07) is 0. The van der Waals surface area contributed by atoms with Crippen molar-refractivity contribution in [3.05, 3.63) is 12.2 Å². The smallest absolute Gasteiger partial charge is 0.304 e. The second-order valence-electron chi connectivity index (χ2n) is 5.16. The molecule has 7 nitrogen and oxygen atoms in total. The van der Waals surface area contributed by atoms with E-state index in [0.29, 0.717) is 6.54 Å². The molecule has 20 heavy (non-hydrogen) atoms. The normalized spacial score (nSPS) is 17.4. The topological polar surface area (TPSA) is 74.5 Å². The fourth-order valence-corrected chi connectivity index (χ4v) is 2.43. The molecule has 1 saturated heterocycles. The maximum absolute atomic E-state index is 10.6. The molecule has 0 bridgehead atoms. The van der Waals surface area contributed by atoms with Gasteiger partial charge < -0.3 is 10.0 Å². The average Bonchev–Trinajstić information content (AvgIpc) is 2.86. The van der Waals surface area contributed by atoms with Crippen molar-refractivity contribution < 1.29 is 9.90 Å². The van der Waals surface area contributed by atoms with Crippen molar-refractivity contribution in [1.82, 2.24) is 24.6 Å². The molecule has 0 amide bonds. The van der Waals surface area contributed by atoms with E-state index in [-0.39, 0.29) is 6.42 Å². The fourth-order valence-electron chi connectivity index (χ4n) is 2.43. The molecular weight excluding hydrogens is 258 g/mol. The molecule has 0 radical (unpaired) electrons. The lowest BCUT2D eigenvalue weighted by atomic mass is 10.3.